The molecule has 28 heavy (non-hydrogen) atoms. The Kier molecular flexibility index (Phi) is 5.94. The number of esters is 1. The zero-order valence-electron chi connectivity index (χ0n) is 15.8. The van der Waals surface area contributed by atoms with E-state index in [9.17, 15) is 9.59 Å². The number of hydrogen-bond donors (Lipinski definition) is 1. The summed E-state index contributed by atoms with van der Waals surface area (Å²) in [4.78, 5) is 29.6. The molecule has 1 N–H and O–H groups in total. The molecule has 0 spiro atoms. The molecule has 1 atom stereocenters. The molecule has 0 saturated heterocycles. The number of aromatic nitrogens is 2. The van der Waals surface area contributed by atoms with Gasteiger partial charge in [0, 0.05) is 22.1 Å². The average molecular weight is 442 g/mol. The Hall–Kier alpha value is -2.93. The summed E-state index contributed by atoms with van der Waals surface area (Å²) in [7, 11) is 1.30. The second-order valence-corrected chi connectivity index (χ2v) is 7.21. The third-order valence-corrected chi connectivity index (χ3v) is 5.00. The van der Waals surface area contributed by atoms with Crippen molar-refractivity contribution in [1.29, 1.82) is 0 Å². The maximum absolute atomic E-state index is 13.0. The first kappa shape index (κ1) is 19.8. The Bertz CT molecular complexity index is 998. The van der Waals surface area contributed by atoms with E-state index in [0.717, 1.165) is 21.7 Å². The molecule has 0 saturated carbocycles. The summed E-state index contributed by atoms with van der Waals surface area (Å²) in [6, 6.07) is 13.6. The van der Waals surface area contributed by atoms with Gasteiger partial charge in [-0.2, -0.15) is 0 Å². The van der Waals surface area contributed by atoms with E-state index >= 15 is 0 Å². The molecule has 144 valence electrons. The number of halogens is 1. The normalized spacial score (nSPS) is 11.7. The van der Waals surface area contributed by atoms with Crippen LogP contribution in [-0.2, 0) is 9.53 Å². The van der Waals surface area contributed by atoms with Gasteiger partial charge in [-0.05, 0) is 49.7 Å². The van der Waals surface area contributed by atoms with E-state index in [2.05, 4.69) is 26.2 Å². The third-order valence-electron chi connectivity index (χ3n) is 4.47. The number of pyridine rings is 1. The van der Waals surface area contributed by atoms with Gasteiger partial charge in [-0.1, -0.05) is 34.1 Å². The molecule has 2 aromatic heterocycles. The molecule has 1 unspecified atom stereocenters. The highest BCUT2D eigenvalue weighted by Crippen LogP contribution is 2.22. The lowest BCUT2D eigenvalue weighted by atomic mass is 10.1. The molecule has 3 rings (SSSR count). The molecule has 7 heteroatoms. The molecule has 0 radical (unpaired) electrons. The predicted molar refractivity (Wildman–Crippen MR) is 109 cm³/mol. The van der Waals surface area contributed by atoms with Gasteiger partial charge in [-0.25, -0.2) is 9.78 Å². The Morgan fingerprint density at radius 2 is 1.86 bits per heavy atom. The lowest BCUT2D eigenvalue weighted by Gasteiger charge is -2.17. The van der Waals surface area contributed by atoms with E-state index in [1.165, 1.54) is 7.11 Å². The zero-order valence-corrected chi connectivity index (χ0v) is 17.4. The highest BCUT2D eigenvalue weighted by Gasteiger charge is 2.26. The summed E-state index contributed by atoms with van der Waals surface area (Å²) in [6.45, 7) is 3.76. The van der Waals surface area contributed by atoms with Crippen molar-refractivity contribution in [3.8, 4) is 5.82 Å². The number of methoxy groups -OCH3 is 1. The number of nitrogens with one attached hydrogen (secondary N) is 1. The van der Waals surface area contributed by atoms with Crippen LogP contribution in [0.1, 0.15) is 33.4 Å². The van der Waals surface area contributed by atoms with Gasteiger partial charge in [-0.15, -0.1) is 0 Å². The maximum Gasteiger partial charge on any atom is 0.333 e. The molecule has 1 aromatic carbocycles. The molecule has 0 aliphatic carbocycles. The summed E-state index contributed by atoms with van der Waals surface area (Å²) < 4.78 is 7.67. The highest BCUT2D eigenvalue weighted by molar-refractivity contribution is 9.10. The number of carbonyl (C=O) groups is 2. The van der Waals surface area contributed by atoms with Crippen molar-refractivity contribution in [3.63, 3.8) is 0 Å². The van der Waals surface area contributed by atoms with Gasteiger partial charge in [0.25, 0.3) is 5.91 Å². The van der Waals surface area contributed by atoms with Crippen molar-refractivity contribution < 1.29 is 14.3 Å². The summed E-state index contributed by atoms with van der Waals surface area (Å²) in [5.41, 5.74) is 2.74. The van der Waals surface area contributed by atoms with Gasteiger partial charge in [0.15, 0.2) is 6.04 Å². The summed E-state index contributed by atoms with van der Waals surface area (Å²) in [5, 5.41) is 2.79. The molecule has 1 amide bonds. The molecule has 0 bridgehead atoms. The molecule has 2 heterocycles. The van der Waals surface area contributed by atoms with Crippen LogP contribution in [0.15, 0.2) is 59.2 Å². The topological polar surface area (TPSA) is 73.2 Å². The smallest absolute Gasteiger partial charge is 0.333 e. The monoisotopic (exact) mass is 441 g/mol. The molecular formula is C21H20BrN3O3. The third kappa shape index (κ3) is 3.99. The van der Waals surface area contributed by atoms with E-state index < -0.39 is 12.0 Å². The molecule has 6 nitrogen and oxygen atoms in total. The SMILES string of the molecule is COC(=O)C(NC(=O)c1cc(C)n(-c2ccccn2)c1C)c1ccc(Br)cc1. The largest absolute Gasteiger partial charge is 0.467 e. The van der Waals surface area contributed by atoms with Gasteiger partial charge >= 0.3 is 5.97 Å². The number of ether oxygens (including phenoxy) is 1. The second-order valence-electron chi connectivity index (χ2n) is 6.29. The standard InChI is InChI=1S/C21H20BrN3O3/c1-13-12-17(14(2)25(13)18-6-4-5-11-23-18)20(26)24-19(21(27)28-3)15-7-9-16(22)10-8-15/h4-12,19H,1-3H3,(H,24,26). The van der Waals surface area contributed by atoms with Crippen molar-refractivity contribution in [2.24, 2.45) is 0 Å². The van der Waals surface area contributed by atoms with E-state index in [1.54, 1.807) is 24.4 Å². The van der Waals surface area contributed by atoms with Crippen LogP contribution in [0.4, 0.5) is 0 Å². The van der Waals surface area contributed by atoms with E-state index in [-0.39, 0.29) is 5.91 Å². The first-order chi connectivity index (χ1) is 13.4. The van der Waals surface area contributed by atoms with Gasteiger partial charge in [0.2, 0.25) is 0 Å². The number of carbonyl (C=O) groups excluding carboxylic acids is 2. The lowest BCUT2D eigenvalue weighted by Crippen LogP contribution is -2.34. The number of aryl methyl sites for hydroxylation is 1. The van der Waals surface area contributed by atoms with Crippen LogP contribution in [0, 0.1) is 13.8 Å². The fourth-order valence-corrected chi connectivity index (χ4v) is 3.36. The van der Waals surface area contributed by atoms with Gasteiger partial charge in [-0.3, -0.25) is 4.79 Å². The molecular weight excluding hydrogens is 422 g/mol. The van der Waals surface area contributed by atoms with Crippen molar-refractivity contribution in [3.05, 3.63) is 81.7 Å². The minimum Gasteiger partial charge on any atom is -0.467 e. The van der Waals surface area contributed by atoms with Crippen LogP contribution in [0.3, 0.4) is 0 Å². The predicted octanol–water partition coefficient (Wildman–Crippen LogP) is 3.90. The summed E-state index contributed by atoms with van der Waals surface area (Å²) >= 11 is 3.37. The number of benzene rings is 1. The lowest BCUT2D eigenvalue weighted by molar-refractivity contribution is -0.143. The summed E-state index contributed by atoms with van der Waals surface area (Å²) in [6.07, 6.45) is 1.70. The van der Waals surface area contributed by atoms with Crippen LogP contribution in [0.2, 0.25) is 0 Å². The van der Waals surface area contributed by atoms with Gasteiger partial charge < -0.3 is 14.6 Å². The number of amides is 1. The van der Waals surface area contributed by atoms with Crippen LogP contribution in [0.25, 0.3) is 5.82 Å². The van der Waals surface area contributed by atoms with Gasteiger partial charge in [0.1, 0.15) is 5.82 Å². The van der Waals surface area contributed by atoms with E-state index in [0.29, 0.717) is 11.1 Å². The number of rotatable bonds is 5. The molecule has 0 aliphatic heterocycles. The van der Waals surface area contributed by atoms with Crippen LogP contribution in [-0.4, -0.2) is 28.5 Å². The average Bonchev–Trinajstić information content (AvgIpc) is 3.01. The minimum absolute atomic E-state index is 0.353. The van der Waals surface area contributed by atoms with Crippen LogP contribution in [0.5, 0.6) is 0 Å². The van der Waals surface area contributed by atoms with Crippen LogP contribution < -0.4 is 5.32 Å². The quantitative estimate of drug-likeness (QED) is 0.609. The fraction of sp³-hybridized carbons (Fsp3) is 0.190. The first-order valence-corrected chi connectivity index (χ1v) is 9.46. The molecule has 0 aliphatic rings. The molecule has 0 fully saturated rings. The van der Waals surface area contributed by atoms with Crippen molar-refractivity contribution in [2.45, 2.75) is 19.9 Å². The Labute approximate surface area is 171 Å². The number of hydrogen-bond acceptors (Lipinski definition) is 4. The second kappa shape index (κ2) is 8.39. The van der Waals surface area contributed by atoms with Crippen molar-refractivity contribution in [2.75, 3.05) is 7.11 Å². The van der Waals surface area contributed by atoms with Crippen LogP contribution >= 0.6 is 15.9 Å². The first-order valence-electron chi connectivity index (χ1n) is 8.67. The zero-order chi connectivity index (χ0) is 20.3. The van der Waals surface area contributed by atoms with E-state index in [4.69, 9.17) is 4.74 Å². The van der Waals surface area contributed by atoms with Crippen molar-refractivity contribution >= 4 is 27.8 Å². The summed E-state index contributed by atoms with van der Waals surface area (Å²) in [5.74, 6) is -0.156. The van der Waals surface area contributed by atoms with Gasteiger partial charge in [0.05, 0.1) is 12.7 Å². The Morgan fingerprint density at radius 3 is 2.46 bits per heavy atom. The molecule has 3 aromatic rings. The maximum atomic E-state index is 13.0. The number of nitrogens with zero attached hydrogens (tertiary/aromatic N) is 2. The van der Waals surface area contributed by atoms with Crippen molar-refractivity contribution in [1.82, 2.24) is 14.9 Å². The minimum atomic E-state index is -0.900. The van der Waals surface area contributed by atoms with E-state index in [1.807, 2.05) is 48.7 Å². The Morgan fingerprint density at radius 1 is 1.14 bits per heavy atom. The Balaban J connectivity index is 1.93. The fourth-order valence-electron chi connectivity index (χ4n) is 3.09. The highest BCUT2D eigenvalue weighted by atomic mass is 79.9.